The lowest BCUT2D eigenvalue weighted by Crippen LogP contribution is -2.59. The molecule has 19 nitrogen and oxygen atoms in total. The predicted molar refractivity (Wildman–Crippen MR) is 248 cm³/mol. The summed E-state index contributed by atoms with van der Waals surface area (Å²) < 4.78 is 15.8. The van der Waals surface area contributed by atoms with E-state index in [0.717, 1.165) is 11.1 Å². The van der Waals surface area contributed by atoms with Gasteiger partial charge in [0.15, 0.2) is 0 Å². The summed E-state index contributed by atoms with van der Waals surface area (Å²) in [5.74, 6) is -4.47. The van der Waals surface area contributed by atoms with Crippen molar-refractivity contribution in [3.8, 4) is 11.1 Å². The smallest absolute Gasteiger partial charge is 0.407 e. The lowest BCUT2D eigenvalue weighted by Gasteiger charge is -2.26. The van der Waals surface area contributed by atoms with Crippen LogP contribution in [0, 0.1) is 0 Å². The standard InChI is InChI=1S/C46H68ClN7O12/c1-28(36(55)53-34(40(59)60)16-12-14-26-49-42(62)65-45(5,6)7)51-38(57)33(15-11-13-25-48-41(61)64-44(2,3)4)52-39(58)35(27-50-43(63)66-46(8,9)10)54-37(56)31-19-17-29(18-20-31)30-21-23-32(47)24-22-30/h17-24,28,33-35H,11-16,25-27H2,1-10H3,(H,48,61)(H,49,62)(H,50,63)(H,51,57)(H,52,58)(H,53,55)(H,54,56)(H,59,60)/t28-,33-,34-,35-/m0/s1. The Bertz CT molecular complexity index is 1960. The van der Waals surface area contributed by atoms with E-state index in [0.29, 0.717) is 24.3 Å². The number of ether oxygens (including phenoxy) is 3. The molecule has 20 heteroatoms. The third kappa shape index (κ3) is 23.2. The number of hydrogen-bond acceptors (Lipinski definition) is 11. The number of aliphatic carboxylic acids is 1. The second-order valence-corrected chi connectivity index (χ2v) is 19.0. The molecule has 0 saturated heterocycles. The summed E-state index contributed by atoms with van der Waals surface area (Å²) in [6, 6.07) is 8.30. The molecule has 0 bridgehead atoms. The van der Waals surface area contributed by atoms with Crippen molar-refractivity contribution in [1.82, 2.24) is 37.2 Å². The molecule has 0 unspecified atom stereocenters. The molecule has 2 rings (SSSR count). The number of unbranched alkanes of at least 4 members (excludes halogenated alkanes) is 2. The van der Waals surface area contributed by atoms with Crippen LogP contribution in [0.25, 0.3) is 11.1 Å². The van der Waals surface area contributed by atoms with Crippen LogP contribution in [0.3, 0.4) is 0 Å². The van der Waals surface area contributed by atoms with Crippen molar-refractivity contribution in [3.05, 3.63) is 59.1 Å². The van der Waals surface area contributed by atoms with Crippen LogP contribution in [-0.4, -0.2) is 114 Å². The predicted octanol–water partition coefficient (Wildman–Crippen LogP) is 5.58. The van der Waals surface area contributed by atoms with Gasteiger partial charge in [-0.25, -0.2) is 19.2 Å². The topological polar surface area (TPSA) is 269 Å². The first-order valence-corrected chi connectivity index (χ1v) is 22.2. The lowest BCUT2D eigenvalue weighted by molar-refractivity contribution is -0.142. The Labute approximate surface area is 391 Å². The molecule has 7 amide bonds. The molecule has 0 aliphatic carbocycles. The number of alkyl carbamates (subject to hydrolysis) is 3. The van der Waals surface area contributed by atoms with Gasteiger partial charge in [-0.15, -0.1) is 0 Å². The zero-order valence-electron chi connectivity index (χ0n) is 39.6. The molecule has 0 radical (unpaired) electrons. The largest absolute Gasteiger partial charge is 0.480 e. The van der Waals surface area contributed by atoms with Crippen molar-refractivity contribution in [2.45, 2.75) is 149 Å². The zero-order chi connectivity index (χ0) is 49.8. The summed E-state index contributed by atoms with van der Waals surface area (Å²) in [5, 5.41) is 28.3. The quantitative estimate of drug-likeness (QED) is 0.0531. The maximum absolute atomic E-state index is 14.0. The molecule has 0 aliphatic heterocycles. The van der Waals surface area contributed by atoms with E-state index >= 15 is 0 Å². The van der Waals surface area contributed by atoms with Crippen molar-refractivity contribution < 1.29 is 57.7 Å². The van der Waals surface area contributed by atoms with E-state index < -0.39 is 95.4 Å². The number of nitrogens with one attached hydrogen (secondary N) is 7. The van der Waals surface area contributed by atoms with E-state index in [4.69, 9.17) is 25.8 Å². The molecule has 0 aliphatic rings. The highest BCUT2D eigenvalue weighted by atomic mass is 35.5. The van der Waals surface area contributed by atoms with E-state index in [2.05, 4.69) is 37.2 Å². The van der Waals surface area contributed by atoms with Gasteiger partial charge in [-0.05, 0) is 143 Å². The highest BCUT2D eigenvalue weighted by Gasteiger charge is 2.31. The highest BCUT2D eigenvalue weighted by molar-refractivity contribution is 6.30. The molecule has 366 valence electrons. The van der Waals surface area contributed by atoms with Gasteiger partial charge in [0, 0.05) is 23.7 Å². The van der Waals surface area contributed by atoms with Gasteiger partial charge in [0.25, 0.3) is 5.91 Å². The first-order valence-electron chi connectivity index (χ1n) is 21.8. The van der Waals surface area contributed by atoms with Gasteiger partial charge in [-0.1, -0.05) is 35.9 Å². The average molecular weight is 947 g/mol. The number of rotatable bonds is 22. The van der Waals surface area contributed by atoms with E-state index in [1.54, 1.807) is 98.7 Å². The Morgan fingerprint density at radius 3 is 1.39 bits per heavy atom. The minimum absolute atomic E-state index is 0.0106. The lowest BCUT2D eigenvalue weighted by atomic mass is 10.0. The number of benzene rings is 2. The fourth-order valence-corrected chi connectivity index (χ4v) is 5.96. The van der Waals surface area contributed by atoms with Crippen molar-refractivity contribution in [2.24, 2.45) is 0 Å². The first-order chi connectivity index (χ1) is 30.6. The Hall–Kier alpha value is -6.11. The fraction of sp³-hybridized carbons (Fsp3) is 0.565. The Morgan fingerprint density at radius 1 is 0.530 bits per heavy atom. The number of carboxylic acid groups (broad SMARTS) is 1. The van der Waals surface area contributed by atoms with Crippen molar-refractivity contribution in [3.63, 3.8) is 0 Å². The third-order valence-electron chi connectivity index (χ3n) is 8.97. The average Bonchev–Trinajstić information content (AvgIpc) is 3.19. The van der Waals surface area contributed by atoms with Crippen LogP contribution in [0.2, 0.25) is 5.02 Å². The molecule has 4 atom stereocenters. The maximum atomic E-state index is 14.0. The van der Waals surface area contributed by atoms with Crippen LogP contribution in [0.15, 0.2) is 48.5 Å². The van der Waals surface area contributed by atoms with Gasteiger partial charge in [-0.3, -0.25) is 19.2 Å². The van der Waals surface area contributed by atoms with Gasteiger partial charge in [-0.2, -0.15) is 0 Å². The summed E-state index contributed by atoms with van der Waals surface area (Å²) in [6.45, 7) is 16.5. The van der Waals surface area contributed by atoms with Crippen LogP contribution in [-0.2, 0) is 33.4 Å². The van der Waals surface area contributed by atoms with Crippen molar-refractivity contribution in [2.75, 3.05) is 19.6 Å². The second kappa shape index (κ2) is 26.1. The Balaban J connectivity index is 2.25. The number of hydrogen-bond donors (Lipinski definition) is 8. The Kier molecular flexibility index (Phi) is 22.2. The number of carbonyl (C=O) groups excluding carboxylic acids is 7. The molecule has 2 aromatic rings. The molecule has 0 fully saturated rings. The minimum atomic E-state index is -1.44. The molecule has 0 heterocycles. The summed E-state index contributed by atoms with van der Waals surface area (Å²) in [4.78, 5) is 103. The second-order valence-electron chi connectivity index (χ2n) is 18.5. The molecule has 66 heavy (non-hydrogen) atoms. The van der Waals surface area contributed by atoms with Gasteiger partial charge in [0.1, 0.15) is 41.0 Å². The molecule has 0 saturated carbocycles. The molecule has 8 N–H and O–H groups in total. The zero-order valence-corrected chi connectivity index (χ0v) is 40.4. The third-order valence-corrected chi connectivity index (χ3v) is 9.22. The van der Waals surface area contributed by atoms with Gasteiger partial charge in [0.05, 0.1) is 6.54 Å². The van der Waals surface area contributed by atoms with Gasteiger partial charge in [0.2, 0.25) is 17.7 Å². The number of amides is 7. The van der Waals surface area contributed by atoms with Crippen molar-refractivity contribution in [1.29, 1.82) is 0 Å². The summed E-state index contributed by atoms with van der Waals surface area (Å²) in [6.07, 6.45) is -0.792. The first kappa shape index (κ1) is 56.0. The highest BCUT2D eigenvalue weighted by Crippen LogP contribution is 2.22. The number of carboxylic acids is 1. The number of halogens is 1. The number of carbonyl (C=O) groups is 8. The van der Waals surface area contributed by atoms with E-state index in [-0.39, 0.29) is 37.9 Å². The van der Waals surface area contributed by atoms with Crippen LogP contribution in [0.1, 0.15) is 118 Å². The van der Waals surface area contributed by atoms with E-state index in [1.165, 1.54) is 6.92 Å². The SMILES string of the molecule is C[C@H](NC(=O)[C@H](CCCCNC(=O)OC(C)(C)C)NC(=O)[C@H](CNC(=O)OC(C)(C)C)NC(=O)c1ccc(-c2ccc(Cl)cc2)cc1)C(=O)N[C@@H](CCCCNC(=O)OC(C)(C)C)C(=O)O. The van der Waals surface area contributed by atoms with Crippen molar-refractivity contribution >= 4 is 59.5 Å². The van der Waals surface area contributed by atoms with Crippen LogP contribution in [0.4, 0.5) is 14.4 Å². The van der Waals surface area contributed by atoms with E-state index in [1.807, 2.05) is 12.1 Å². The van der Waals surface area contributed by atoms with Gasteiger partial charge >= 0.3 is 24.2 Å². The van der Waals surface area contributed by atoms with Crippen LogP contribution in [0.5, 0.6) is 0 Å². The van der Waals surface area contributed by atoms with Gasteiger partial charge < -0.3 is 56.5 Å². The van der Waals surface area contributed by atoms with E-state index in [9.17, 15) is 43.5 Å². The molecule has 2 aromatic carbocycles. The molecular weight excluding hydrogens is 878 g/mol. The summed E-state index contributed by atoms with van der Waals surface area (Å²) >= 11 is 6.03. The van der Waals surface area contributed by atoms with Crippen LogP contribution < -0.4 is 37.2 Å². The molecule has 0 spiro atoms. The summed E-state index contributed by atoms with van der Waals surface area (Å²) in [7, 11) is 0. The fourth-order valence-electron chi connectivity index (χ4n) is 5.84. The molecular formula is C46H68ClN7O12. The van der Waals surface area contributed by atoms with Crippen LogP contribution >= 0.6 is 11.6 Å². The molecule has 0 aromatic heterocycles. The minimum Gasteiger partial charge on any atom is -0.480 e. The Morgan fingerprint density at radius 2 is 0.939 bits per heavy atom. The normalized spacial score (nSPS) is 13.3. The maximum Gasteiger partial charge on any atom is 0.407 e. The summed E-state index contributed by atoms with van der Waals surface area (Å²) in [5.41, 5.74) is -0.457. The monoisotopic (exact) mass is 945 g/mol.